The lowest BCUT2D eigenvalue weighted by molar-refractivity contribution is 0.106. The number of aliphatic hydroxyl groups is 1. The number of hydrogen-bond donors (Lipinski definition) is 2. The molecule has 0 spiro atoms. The molecule has 0 aromatic heterocycles. The van der Waals surface area contributed by atoms with Crippen molar-refractivity contribution in [1.29, 1.82) is 0 Å². The van der Waals surface area contributed by atoms with Gasteiger partial charge in [-0.3, -0.25) is 0 Å². The maximum atomic E-state index is 11.9. The van der Waals surface area contributed by atoms with E-state index in [0.29, 0.717) is 6.42 Å². The second kappa shape index (κ2) is 6.72. The van der Waals surface area contributed by atoms with Crippen LogP contribution in [-0.2, 0) is 11.0 Å². The van der Waals surface area contributed by atoms with Gasteiger partial charge in [0, 0.05) is 6.04 Å². The monoisotopic (exact) mass is 249 g/mol. The zero-order valence-electron chi connectivity index (χ0n) is 11.4. The molecular weight excluding hydrogens is 222 g/mol. The maximum absolute atomic E-state index is 11.9. The van der Waals surface area contributed by atoms with Gasteiger partial charge in [0.15, 0.2) is 0 Å². The lowest BCUT2D eigenvalue weighted by atomic mass is 9.99. The predicted molar refractivity (Wildman–Crippen MR) is 70.6 cm³/mol. The highest BCUT2D eigenvalue weighted by Crippen LogP contribution is 2.14. The van der Waals surface area contributed by atoms with Gasteiger partial charge in [-0.25, -0.2) is 8.93 Å². The average molecular weight is 249 g/mol. The summed E-state index contributed by atoms with van der Waals surface area (Å²) in [5, 5.41) is 9.80. The van der Waals surface area contributed by atoms with Gasteiger partial charge in [0.05, 0.1) is 21.8 Å². The van der Waals surface area contributed by atoms with Crippen molar-refractivity contribution in [1.82, 2.24) is 4.72 Å². The molecule has 0 aliphatic rings. The largest absolute Gasteiger partial charge is 0.393 e. The number of rotatable bonds is 6. The van der Waals surface area contributed by atoms with Crippen LogP contribution < -0.4 is 4.72 Å². The standard InChI is InChI=1S/C12H27NO2S/c1-7-10(8-11(14)9(2)3)13-16(15)12(4,5)6/h9-11,13-14H,7-8H2,1-6H3/t10-,11-,16?/m0/s1. The zero-order valence-corrected chi connectivity index (χ0v) is 12.2. The van der Waals surface area contributed by atoms with Crippen LogP contribution in [0.4, 0.5) is 0 Å². The van der Waals surface area contributed by atoms with Gasteiger partial charge in [-0.2, -0.15) is 0 Å². The summed E-state index contributed by atoms with van der Waals surface area (Å²) in [5.74, 6) is 0.249. The minimum atomic E-state index is -1.06. The molecule has 98 valence electrons. The fourth-order valence-corrected chi connectivity index (χ4v) is 2.11. The van der Waals surface area contributed by atoms with Crippen molar-refractivity contribution in [2.75, 3.05) is 0 Å². The molecule has 0 aromatic rings. The molecule has 0 aromatic carbocycles. The lowest BCUT2D eigenvalue weighted by Gasteiger charge is -2.26. The third-order valence-electron chi connectivity index (χ3n) is 2.62. The second-order valence-corrected chi connectivity index (χ2v) is 7.65. The van der Waals surface area contributed by atoms with Gasteiger partial charge < -0.3 is 5.11 Å². The molecule has 0 bridgehead atoms. The van der Waals surface area contributed by atoms with E-state index >= 15 is 0 Å². The Morgan fingerprint density at radius 1 is 1.31 bits per heavy atom. The molecule has 0 heterocycles. The zero-order chi connectivity index (χ0) is 12.9. The van der Waals surface area contributed by atoms with Crippen molar-refractivity contribution < 1.29 is 9.32 Å². The molecule has 4 heteroatoms. The molecule has 2 N–H and O–H groups in total. The molecule has 0 rings (SSSR count). The molecule has 0 radical (unpaired) electrons. The van der Waals surface area contributed by atoms with Crippen molar-refractivity contribution in [2.24, 2.45) is 5.92 Å². The van der Waals surface area contributed by atoms with Gasteiger partial charge in [0.1, 0.15) is 0 Å². The van der Waals surface area contributed by atoms with Crippen LogP contribution in [-0.4, -0.2) is 26.2 Å². The fraction of sp³-hybridized carbons (Fsp3) is 1.00. The molecule has 3 atom stereocenters. The summed E-state index contributed by atoms with van der Waals surface area (Å²) in [7, 11) is -1.06. The van der Waals surface area contributed by atoms with Crippen molar-refractivity contribution in [3.8, 4) is 0 Å². The van der Waals surface area contributed by atoms with E-state index < -0.39 is 11.0 Å². The maximum Gasteiger partial charge on any atom is 0.0972 e. The minimum absolute atomic E-state index is 0.123. The number of hydrogen-bond acceptors (Lipinski definition) is 2. The average Bonchev–Trinajstić information content (AvgIpc) is 2.14. The van der Waals surface area contributed by atoms with Gasteiger partial charge in [0.2, 0.25) is 0 Å². The highest BCUT2D eigenvalue weighted by molar-refractivity contribution is 7.84. The van der Waals surface area contributed by atoms with E-state index in [2.05, 4.69) is 4.72 Å². The van der Waals surface area contributed by atoms with E-state index in [-0.39, 0.29) is 22.8 Å². The minimum Gasteiger partial charge on any atom is -0.393 e. The van der Waals surface area contributed by atoms with Crippen molar-refractivity contribution in [2.45, 2.75) is 71.3 Å². The summed E-state index contributed by atoms with van der Waals surface area (Å²) in [6.07, 6.45) is 1.22. The van der Waals surface area contributed by atoms with Crippen LogP contribution >= 0.6 is 0 Å². The molecule has 0 fully saturated rings. The van der Waals surface area contributed by atoms with Gasteiger partial charge in [-0.1, -0.05) is 20.8 Å². The first-order chi connectivity index (χ1) is 7.18. The number of nitrogens with one attached hydrogen (secondary N) is 1. The quantitative estimate of drug-likeness (QED) is 0.758. The van der Waals surface area contributed by atoms with E-state index in [1.54, 1.807) is 0 Å². The molecule has 0 aliphatic heterocycles. The molecule has 16 heavy (non-hydrogen) atoms. The first-order valence-corrected chi connectivity index (χ1v) is 7.19. The Balaban J connectivity index is 4.26. The highest BCUT2D eigenvalue weighted by Gasteiger charge is 2.23. The lowest BCUT2D eigenvalue weighted by Crippen LogP contribution is -2.41. The van der Waals surface area contributed by atoms with Crippen LogP contribution in [0.5, 0.6) is 0 Å². The van der Waals surface area contributed by atoms with Gasteiger partial charge in [0.25, 0.3) is 0 Å². The summed E-state index contributed by atoms with van der Waals surface area (Å²) in [6.45, 7) is 11.9. The third kappa shape index (κ3) is 5.97. The van der Waals surface area contributed by atoms with Crippen LogP contribution in [0.25, 0.3) is 0 Å². The van der Waals surface area contributed by atoms with Crippen LogP contribution in [0.3, 0.4) is 0 Å². The predicted octanol–water partition coefficient (Wildman–Crippen LogP) is 2.22. The Kier molecular flexibility index (Phi) is 6.75. The summed E-state index contributed by atoms with van der Waals surface area (Å²) < 4.78 is 14.8. The van der Waals surface area contributed by atoms with Crippen molar-refractivity contribution in [3.05, 3.63) is 0 Å². The Morgan fingerprint density at radius 3 is 2.12 bits per heavy atom. The highest BCUT2D eigenvalue weighted by atomic mass is 32.2. The number of aliphatic hydroxyl groups excluding tert-OH is 1. The van der Waals surface area contributed by atoms with Crippen molar-refractivity contribution in [3.63, 3.8) is 0 Å². The van der Waals surface area contributed by atoms with Crippen LogP contribution in [0.15, 0.2) is 0 Å². The normalized spacial score (nSPS) is 18.5. The summed E-state index contributed by atoms with van der Waals surface area (Å²) in [4.78, 5) is 0. The molecule has 0 amide bonds. The Labute approximate surface area is 103 Å². The Hall–Kier alpha value is 0.0700. The molecule has 1 unspecified atom stereocenters. The fourth-order valence-electron chi connectivity index (χ4n) is 1.19. The third-order valence-corrected chi connectivity index (χ3v) is 4.28. The van der Waals surface area contributed by atoms with Crippen LogP contribution in [0.1, 0.15) is 54.4 Å². The van der Waals surface area contributed by atoms with E-state index in [1.165, 1.54) is 0 Å². The molecule has 0 saturated heterocycles. The van der Waals surface area contributed by atoms with E-state index in [9.17, 15) is 9.32 Å². The molecule has 3 nitrogen and oxygen atoms in total. The van der Waals surface area contributed by atoms with Gasteiger partial charge in [-0.05, 0) is 39.5 Å². The van der Waals surface area contributed by atoms with E-state index in [0.717, 1.165) is 6.42 Å². The van der Waals surface area contributed by atoms with E-state index in [4.69, 9.17) is 0 Å². The Bertz CT molecular complexity index is 224. The first kappa shape index (κ1) is 16.1. The smallest absolute Gasteiger partial charge is 0.0972 e. The molecule has 0 saturated carbocycles. The molecule has 0 aliphatic carbocycles. The summed E-state index contributed by atoms with van der Waals surface area (Å²) >= 11 is 0. The van der Waals surface area contributed by atoms with E-state index in [1.807, 2.05) is 41.5 Å². The topological polar surface area (TPSA) is 49.3 Å². The molecular formula is C12H27NO2S. The summed E-state index contributed by atoms with van der Waals surface area (Å²) in [6, 6.07) is 0.123. The second-order valence-electron chi connectivity index (χ2n) is 5.65. The Morgan fingerprint density at radius 2 is 1.81 bits per heavy atom. The van der Waals surface area contributed by atoms with Crippen LogP contribution in [0, 0.1) is 5.92 Å². The van der Waals surface area contributed by atoms with Gasteiger partial charge in [-0.15, -0.1) is 0 Å². The van der Waals surface area contributed by atoms with Crippen molar-refractivity contribution >= 4 is 11.0 Å². The first-order valence-electron chi connectivity index (χ1n) is 6.04. The SMILES string of the molecule is CC[C@@H](C[C@H](O)C(C)C)NS(=O)C(C)(C)C. The summed E-state index contributed by atoms with van der Waals surface area (Å²) in [5.41, 5.74) is 0. The van der Waals surface area contributed by atoms with Gasteiger partial charge >= 0.3 is 0 Å². The van der Waals surface area contributed by atoms with Crippen LogP contribution in [0.2, 0.25) is 0 Å².